The van der Waals surface area contributed by atoms with E-state index in [0.29, 0.717) is 9.92 Å². The van der Waals surface area contributed by atoms with E-state index in [9.17, 15) is 18.0 Å². The fourth-order valence-electron chi connectivity index (χ4n) is 1.86. The van der Waals surface area contributed by atoms with Crippen molar-refractivity contribution in [3.05, 3.63) is 27.2 Å². The standard InChI is InChI=1S/C15H18Cl3F3N4O2.HI/c1-22-14(24-7-12(26)25(2)8-15(19,20)21)23-3-4-27-13-10(17)5-9(16)6-11(13)18;/h5-6H,3-4,7-8H2,1-2H3,(H2,22,23,24);1H. The van der Waals surface area contributed by atoms with Crippen molar-refractivity contribution in [1.29, 1.82) is 0 Å². The zero-order chi connectivity index (χ0) is 20.6. The summed E-state index contributed by atoms with van der Waals surface area (Å²) < 4.78 is 42.3. The van der Waals surface area contributed by atoms with Crippen LogP contribution in [0.5, 0.6) is 5.75 Å². The molecule has 0 fully saturated rings. The van der Waals surface area contributed by atoms with E-state index >= 15 is 0 Å². The number of alkyl halides is 3. The van der Waals surface area contributed by atoms with Crippen LogP contribution in [-0.4, -0.2) is 63.3 Å². The molecule has 0 radical (unpaired) electrons. The summed E-state index contributed by atoms with van der Waals surface area (Å²) in [4.78, 5) is 16.1. The Morgan fingerprint density at radius 3 is 2.29 bits per heavy atom. The highest BCUT2D eigenvalue weighted by atomic mass is 127. The Kier molecular flexibility index (Phi) is 12.3. The summed E-state index contributed by atoms with van der Waals surface area (Å²) in [5, 5.41) is 6.35. The first-order valence-electron chi connectivity index (χ1n) is 7.56. The van der Waals surface area contributed by atoms with E-state index in [4.69, 9.17) is 39.5 Å². The van der Waals surface area contributed by atoms with Crippen molar-refractivity contribution in [3.63, 3.8) is 0 Å². The Labute approximate surface area is 192 Å². The Bertz CT molecular complexity index is 670. The monoisotopic (exact) mass is 576 g/mol. The molecule has 0 atom stereocenters. The average Bonchev–Trinajstić information content (AvgIpc) is 2.54. The van der Waals surface area contributed by atoms with Gasteiger partial charge in [0.05, 0.1) is 23.1 Å². The topological polar surface area (TPSA) is 66.0 Å². The number of ether oxygens (including phenoxy) is 1. The molecule has 1 aromatic carbocycles. The number of nitrogens with one attached hydrogen (secondary N) is 2. The highest BCUT2D eigenvalue weighted by Gasteiger charge is 2.31. The molecule has 0 aliphatic heterocycles. The summed E-state index contributed by atoms with van der Waals surface area (Å²) in [6.07, 6.45) is -4.45. The van der Waals surface area contributed by atoms with Crippen molar-refractivity contribution in [3.8, 4) is 5.75 Å². The summed E-state index contributed by atoms with van der Waals surface area (Å²) in [7, 11) is 2.52. The van der Waals surface area contributed by atoms with Gasteiger partial charge in [-0.3, -0.25) is 9.79 Å². The van der Waals surface area contributed by atoms with Gasteiger partial charge in [0.15, 0.2) is 11.7 Å². The highest BCUT2D eigenvalue weighted by Crippen LogP contribution is 2.35. The van der Waals surface area contributed by atoms with Crippen molar-refractivity contribution in [2.24, 2.45) is 4.99 Å². The normalized spacial score (nSPS) is 11.5. The number of rotatable bonds is 7. The van der Waals surface area contributed by atoms with Gasteiger partial charge in [-0.15, -0.1) is 24.0 Å². The van der Waals surface area contributed by atoms with Gasteiger partial charge in [0, 0.05) is 19.1 Å². The van der Waals surface area contributed by atoms with Gasteiger partial charge < -0.3 is 20.3 Å². The van der Waals surface area contributed by atoms with E-state index in [1.165, 1.54) is 19.2 Å². The lowest BCUT2D eigenvalue weighted by atomic mass is 10.3. The molecule has 160 valence electrons. The Hall–Kier alpha value is -0.850. The fourth-order valence-corrected chi connectivity index (χ4v) is 2.79. The minimum absolute atomic E-state index is 0. The molecule has 2 N–H and O–H groups in total. The van der Waals surface area contributed by atoms with Gasteiger partial charge in [-0.1, -0.05) is 34.8 Å². The predicted octanol–water partition coefficient (Wildman–Crippen LogP) is 3.83. The van der Waals surface area contributed by atoms with Crippen LogP contribution in [0.25, 0.3) is 0 Å². The van der Waals surface area contributed by atoms with Crippen LogP contribution in [0.3, 0.4) is 0 Å². The van der Waals surface area contributed by atoms with Gasteiger partial charge in [-0.25, -0.2) is 0 Å². The minimum Gasteiger partial charge on any atom is -0.489 e. The fraction of sp³-hybridized carbons (Fsp3) is 0.467. The van der Waals surface area contributed by atoms with E-state index in [-0.39, 0.29) is 65.4 Å². The number of carbonyl (C=O) groups is 1. The lowest BCUT2D eigenvalue weighted by Crippen LogP contribution is -2.46. The van der Waals surface area contributed by atoms with Crippen molar-refractivity contribution >= 4 is 70.6 Å². The maximum absolute atomic E-state index is 12.3. The first-order valence-corrected chi connectivity index (χ1v) is 8.69. The highest BCUT2D eigenvalue weighted by molar-refractivity contribution is 14.0. The molecule has 0 saturated carbocycles. The van der Waals surface area contributed by atoms with Crippen molar-refractivity contribution < 1.29 is 22.7 Å². The summed E-state index contributed by atoms with van der Waals surface area (Å²) in [6.45, 7) is -1.25. The lowest BCUT2D eigenvalue weighted by molar-refractivity contribution is -0.157. The number of nitrogens with zero attached hydrogens (tertiary/aromatic N) is 2. The summed E-state index contributed by atoms with van der Waals surface area (Å²) in [5.41, 5.74) is 0. The second-order valence-corrected chi connectivity index (χ2v) is 6.52. The molecule has 1 amide bonds. The zero-order valence-electron chi connectivity index (χ0n) is 14.9. The van der Waals surface area contributed by atoms with Crippen LogP contribution in [0.2, 0.25) is 15.1 Å². The third-order valence-electron chi connectivity index (χ3n) is 3.08. The van der Waals surface area contributed by atoms with E-state index in [0.717, 1.165) is 7.05 Å². The van der Waals surface area contributed by atoms with E-state index in [1.807, 2.05) is 0 Å². The SMILES string of the molecule is CN=C(NCCOc1c(Cl)cc(Cl)cc1Cl)NCC(=O)N(C)CC(F)(F)F.I. The summed E-state index contributed by atoms with van der Waals surface area (Å²) >= 11 is 17.8. The number of aliphatic imine (C=N–C) groups is 1. The smallest absolute Gasteiger partial charge is 0.406 e. The summed E-state index contributed by atoms with van der Waals surface area (Å²) in [6, 6.07) is 2.97. The first-order chi connectivity index (χ1) is 12.5. The molecule has 13 heteroatoms. The number of benzene rings is 1. The Balaban J connectivity index is 0.00000729. The molecule has 6 nitrogen and oxygen atoms in total. The number of hydrogen-bond donors (Lipinski definition) is 2. The van der Waals surface area contributed by atoms with Gasteiger partial charge in [-0.05, 0) is 12.1 Å². The third kappa shape index (κ3) is 10.1. The van der Waals surface area contributed by atoms with Crippen LogP contribution in [0, 0.1) is 0 Å². The van der Waals surface area contributed by atoms with Crippen molar-refractivity contribution in [2.75, 3.05) is 40.3 Å². The van der Waals surface area contributed by atoms with E-state index in [2.05, 4.69) is 15.6 Å². The summed E-state index contributed by atoms with van der Waals surface area (Å²) in [5.74, 6) is -0.233. The van der Waals surface area contributed by atoms with Crippen LogP contribution in [0.1, 0.15) is 0 Å². The molecular formula is C15H19Cl3F3IN4O2. The van der Waals surface area contributed by atoms with Crippen molar-refractivity contribution in [2.45, 2.75) is 6.18 Å². The quantitative estimate of drug-likeness (QED) is 0.224. The second-order valence-electron chi connectivity index (χ2n) is 5.26. The maximum Gasteiger partial charge on any atom is 0.406 e. The number of hydrogen-bond acceptors (Lipinski definition) is 3. The minimum atomic E-state index is -4.45. The van der Waals surface area contributed by atoms with Gasteiger partial charge in [0.2, 0.25) is 5.91 Å². The van der Waals surface area contributed by atoms with Crippen LogP contribution in [0.4, 0.5) is 13.2 Å². The number of carbonyl (C=O) groups excluding carboxylic acids is 1. The Morgan fingerprint density at radius 1 is 1.21 bits per heavy atom. The van der Waals surface area contributed by atoms with Crippen molar-refractivity contribution in [1.82, 2.24) is 15.5 Å². The molecule has 0 spiro atoms. The third-order valence-corrected chi connectivity index (χ3v) is 3.86. The molecule has 0 aromatic heterocycles. The number of amides is 1. The van der Waals surface area contributed by atoms with Crippen LogP contribution >= 0.6 is 58.8 Å². The second kappa shape index (κ2) is 12.7. The molecule has 1 aromatic rings. The largest absolute Gasteiger partial charge is 0.489 e. The van der Waals surface area contributed by atoms with Crippen LogP contribution in [0.15, 0.2) is 17.1 Å². The van der Waals surface area contributed by atoms with Gasteiger partial charge in [0.1, 0.15) is 13.2 Å². The zero-order valence-corrected chi connectivity index (χ0v) is 19.5. The van der Waals surface area contributed by atoms with Gasteiger partial charge >= 0.3 is 6.18 Å². The number of halogens is 7. The predicted molar refractivity (Wildman–Crippen MR) is 115 cm³/mol. The van der Waals surface area contributed by atoms with Crippen LogP contribution in [-0.2, 0) is 4.79 Å². The van der Waals surface area contributed by atoms with E-state index < -0.39 is 18.6 Å². The molecular weight excluding hydrogens is 558 g/mol. The molecule has 0 aliphatic carbocycles. The molecule has 1 rings (SSSR count). The molecule has 28 heavy (non-hydrogen) atoms. The van der Waals surface area contributed by atoms with Gasteiger partial charge in [0.25, 0.3) is 0 Å². The number of guanidine groups is 1. The molecule has 0 heterocycles. The van der Waals surface area contributed by atoms with Crippen LogP contribution < -0.4 is 15.4 Å². The molecule has 0 saturated heterocycles. The van der Waals surface area contributed by atoms with E-state index in [1.54, 1.807) is 0 Å². The lowest BCUT2D eigenvalue weighted by Gasteiger charge is -2.20. The first kappa shape index (κ1) is 27.1. The van der Waals surface area contributed by atoms with Gasteiger partial charge in [-0.2, -0.15) is 13.2 Å². The molecule has 0 bridgehead atoms. The maximum atomic E-state index is 12.3. The Morgan fingerprint density at radius 2 is 1.79 bits per heavy atom. The molecule has 0 unspecified atom stereocenters. The average molecular weight is 578 g/mol. The number of likely N-dealkylation sites (N-methyl/N-ethyl adjacent to an activating group) is 1. The molecule has 0 aliphatic rings.